The van der Waals surface area contributed by atoms with Gasteiger partial charge in [-0.15, -0.1) is 0 Å². The van der Waals surface area contributed by atoms with Gasteiger partial charge >= 0.3 is 6.18 Å². The van der Waals surface area contributed by atoms with Crippen molar-refractivity contribution in [3.8, 4) is 11.8 Å². The minimum Gasteiger partial charge on any atom is -0.395 e. The largest absolute Gasteiger partial charge is 0.397 e. The number of halogens is 3. The van der Waals surface area contributed by atoms with Crippen LogP contribution in [0.2, 0.25) is 0 Å². The Labute approximate surface area is 114 Å². The van der Waals surface area contributed by atoms with Gasteiger partial charge in [-0.05, 0) is 24.6 Å². The quantitative estimate of drug-likeness (QED) is 0.839. The lowest BCUT2D eigenvalue weighted by Crippen LogP contribution is -2.21. The van der Waals surface area contributed by atoms with Gasteiger partial charge in [0.2, 0.25) is 5.91 Å². The topological polar surface area (TPSA) is 49.3 Å². The smallest absolute Gasteiger partial charge is 0.395 e. The number of hydrogen-bond donors (Lipinski definition) is 2. The molecule has 1 rings (SSSR count). The fraction of sp³-hybridized carbons (Fsp3) is 0.357. The van der Waals surface area contributed by atoms with Crippen LogP contribution in [0.1, 0.15) is 24.0 Å². The fourth-order valence-corrected chi connectivity index (χ4v) is 1.44. The first kappa shape index (κ1) is 16.1. The van der Waals surface area contributed by atoms with Crippen LogP contribution in [0.25, 0.3) is 0 Å². The predicted octanol–water partition coefficient (Wildman–Crippen LogP) is 2.62. The zero-order valence-electron chi connectivity index (χ0n) is 10.8. The normalized spacial score (nSPS) is 10.7. The molecule has 0 saturated carbocycles. The van der Waals surface area contributed by atoms with Gasteiger partial charge in [0.25, 0.3) is 0 Å². The summed E-state index contributed by atoms with van der Waals surface area (Å²) in [6.45, 7) is 1.73. The molecule has 0 radical (unpaired) electrons. The first-order chi connectivity index (χ1) is 9.31. The van der Waals surface area contributed by atoms with E-state index >= 15 is 0 Å². The average molecular weight is 285 g/mol. The van der Waals surface area contributed by atoms with Gasteiger partial charge in [-0.3, -0.25) is 4.79 Å². The molecule has 0 aliphatic carbocycles. The Hall–Kier alpha value is -2.00. The molecule has 0 fully saturated rings. The first-order valence-corrected chi connectivity index (χ1v) is 5.89. The summed E-state index contributed by atoms with van der Waals surface area (Å²) in [5.41, 5.74) is 1.70. The number of carbonyl (C=O) groups excluding carboxylic acids is 1. The summed E-state index contributed by atoms with van der Waals surface area (Å²) in [6.07, 6.45) is -5.74. The minimum atomic E-state index is -4.53. The highest BCUT2D eigenvalue weighted by atomic mass is 19.4. The maximum absolute atomic E-state index is 12.1. The van der Waals surface area contributed by atoms with Crippen LogP contribution in [-0.2, 0) is 4.79 Å². The number of alkyl halides is 3. The number of aliphatic hydroxyl groups is 1. The zero-order valence-corrected chi connectivity index (χ0v) is 10.8. The molecule has 0 aromatic heterocycles. The van der Waals surface area contributed by atoms with Crippen molar-refractivity contribution >= 4 is 11.6 Å². The van der Waals surface area contributed by atoms with Crippen molar-refractivity contribution in [1.29, 1.82) is 0 Å². The van der Waals surface area contributed by atoms with E-state index in [0.29, 0.717) is 12.0 Å². The van der Waals surface area contributed by atoms with Gasteiger partial charge in [0, 0.05) is 17.7 Å². The summed E-state index contributed by atoms with van der Waals surface area (Å²) in [5, 5.41) is 10.8. The van der Waals surface area contributed by atoms with Crippen molar-refractivity contribution in [2.75, 3.05) is 11.9 Å². The Bertz CT molecular complexity index is 542. The molecule has 108 valence electrons. The highest BCUT2D eigenvalue weighted by molar-refractivity contribution is 5.91. The molecule has 0 bridgehead atoms. The van der Waals surface area contributed by atoms with Crippen molar-refractivity contribution in [3.63, 3.8) is 0 Å². The molecule has 1 aromatic carbocycles. The lowest BCUT2D eigenvalue weighted by atomic mass is 10.1. The maximum Gasteiger partial charge on any atom is 0.397 e. The van der Waals surface area contributed by atoms with Crippen LogP contribution < -0.4 is 5.32 Å². The molecule has 0 heterocycles. The highest BCUT2D eigenvalue weighted by Crippen LogP contribution is 2.21. The van der Waals surface area contributed by atoms with Gasteiger partial charge in [-0.1, -0.05) is 17.9 Å². The summed E-state index contributed by atoms with van der Waals surface area (Å²) >= 11 is 0. The Balaban J connectivity index is 2.80. The molecule has 1 amide bonds. The first-order valence-electron chi connectivity index (χ1n) is 5.89. The molecular weight excluding hydrogens is 271 g/mol. The van der Waals surface area contributed by atoms with E-state index in [9.17, 15) is 18.0 Å². The highest BCUT2D eigenvalue weighted by Gasteiger charge is 2.31. The number of anilines is 1. The van der Waals surface area contributed by atoms with Crippen LogP contribution in [0.4, 0.5) is 18.9 Å². The van der Waals surface area contributed by atoms with Crippen LogP contribution >= 0.6 is 0 Å². The Morgan fingerprint density at radius 1 is 1.40 bits per heavy atom. The number of benzene rings is 1. The molecule has 0 unspecified atom stereocenters. The molecule has 6 heteroatoms. The molecule has 3 nitrogen and oxygen atoms in total. The maximum atomic E-state index is 12.1. The van der Waals surface area contributed by atoms with Gasteiger partial charge in [-0.25, -0.2) is 0 Å². The molecule has 2 N–H and O–H groups in total. The summed E-state index contributed by atoms with van der Waals surface area (Å²) in [7, 11) is 0. The van der Waals surface area contributed by atoms with E-state index in [1.807, 2.05) is 0 Å². The summed E-state index contributed by atoms with van der Waals surface area (Å²) < 4.78 is 36.2. The van der Waals surface area contributed by atoms with E-state index < -0.39 is 18.5 Å². The Kier molecular flexibility index (Phi) is 5.59. The summed E-state index contributed by atoms with van der Waals surface area (Å²) in [4.78, 5) is 11.2. The SMILES string of the molecule is Cc1ccc(NC(=O)CC(F)(F)F)cc1C#CCCO. The lowest BCUT2D eigenvalue weighted by molar-refractivity contribution is -0.150. The van der Waals surface area contributed by atoms with E-state index in [-0.39, 0.29) is 12.3 Å². The Morgan fingerprint density at radius 2 is 2.10 bits per heavy atom. The fourth-order valence-electron chi connectivity index (χ4n) is 1.44. The van der Waals surface area contributed by atoms with E-state index in [0.717, 1.165) is 5.56 Å². The standard InChI is InChI=1S/C14H14F3NO2/c1-10-5-6-12(8-11(10)4-2-3-7-19)18-13(20)9-14(15,16)17/h5-6,8,19H,3,7,9H2,1H3,(H,18,20). The summed E-state index contributed by atoms with van der Waals surface area (Å²) in [6, 6.07) is 4.68. The van der Waals surface area contributed by atoms with E-state index in [1.165, 1.54) is 12.1 Å². The van der Waals surface area contributed by atoms with Crippen molar-refractivity contribution in [2.45, 2.75) is 25.9 Å². The third-order valence-corrected chi connectivity index (χ3v) is 2.34. The van der Waals surface area contributed by atoms with Gasteiger partial charge in [0.15, 0.2) is 0 Å². The number of rotatable bonds is 3. The number of hydrogen-bond acceptors (Lipinski definition) is 2. The second-order valence-electron chi connectivity index (χ2n) is 4.15. The second kappa shape index (κ2) is 6.96. The van der Waals surface area contributed by atoms with Gasteiger partial charge in [0.1, 0.15) is 6.42 Å². The second-order valence-corrected chi connectivity index (χ2v) is 4.15. The van der Waals surface area contributed by atoms with Crippen LogP contribution in [0.15, 0.2) is 18.2 Å². The van der Waals surface area contributed by atoms with Crippen molar-refractivity contribution < 1.29 is 23.1 Å². The Morgan fingerprint density at radius 3 is 2.70 bits per heavy atom. The number of carbonyl (C=O) groups is 1. The van der Waals surface area contributed by atoms with Gasteiger partial charge < -0.3 is 10.4 Å². The van der Waals surface area contributed by atoms with E-state index in [1.54, 1.807) is 13.0 Å². The van der Waals surface area contributed by atoms with Crippen LogP contribution in [0.3, 0.4) is 0 Å². The molecule has 0 saturated heterocycles. The molecular formula is C14H14F3NO2. The number of nitrogens with one attached hydrogen (secondary N) is 1. The molecule has 1 aromatic rings. The third-order valence-electron chi connectivity index (χ3n) is 2.34. The van der Waals surface area contributed by atoms with Gasteiger partial charge in [-0.2, -0.15) is 13.2 Å². The predicted molar refractivity (Wildman–Crippen MR) is 69.1 cm³/mol. The lowest BCUT2D eigenvalue weighted by Gasteiger charge is -2.09. The number of amides is 1. The average Bonchev–Trinajstić information content (AvgIpc) is 2.31. The monoisotopic (exact) mass is 285 g/mol. The summed E-state index contributed by atoms with van der Waals surface area (Å²) in [5.74, 6) is 4.40. The molecule has 0 aliphatic rings. The molecule has 0 spiro atoms. The van der Waals surface area contributed by atoms with Crippen LogP contribution in [-0.4, -0.2) is 23.8 Å². The van der Waals surface area contributed by atoms with Crippen molar-refractivity contribution in [2.24, 2.45) is 0 Å². The van der Waals surface area contributed by atoms with Crippen LogP contribution in [0, 0.1) is 18.8 Å². The van der Waals surface area contributed by atoms with Crippen molar-refractivity contribution in [1.82, 2.24) is 0 Å². The van der Waals surface area contributed by atoms with Crippen LogP contribution in [0.5, 0.6) is 0 Å². The van der Waals surface area contributed by atoms with Gasteiger partial charge in [0.05, 0.1) is 6.61 Å². The molecule has 0 atom stereocenters. The number of aryl methyl sites for hydroxylation is 1. The molecule has 0 aliphatic heterocycles. The van der Waals surface area contributed by atoms with E-state index in [2.05, 4.69) is 17.2 Å². The number of aliphatic hydroxyl groups excluding tert-OH is 1. The third kappa shape index (κ3) is 5.76. The zero-order chi connectivity index (χ0) is 15.2. The minimum absolute atomic E-state index is 0.0615. The molecule has 20 heavy (non-hydrogen) atoms. The van der Waals surface area contributed by atoms with Crippen molar-refractivity contribution in [3.05, 3.63) is 29.3 Å². The van der Waals surface area contributed by atoms with E-state index in [4.69, 9.17) is 5.11 Å².